The Bertz CT molecular complexity index is 1560. The first-order valence-electron chi connectivity index (χ1n) is 12.7. The zero-order valence-electron chi connectivity index (χ0n) is 22.1. The van der Waals surface area contributed by atoms with E-state index in [1.807, 2.05) is 0 Å². The van der Waals surface area contributed by atoms with Crippen molar-refractivity contribution >= 4 is 34.2 Å². The largest absolute Gasteiger partial charge is 0.487 e. The molecule has 2 N–H and O–H groups in total. The van der Waals surface area contributed by atoms with E-state index in [0.717, 1.165) is 30.5 Å². The van der Waals surface area contributed by atoms with Crippen molar-refractivity contribution in [2.75, 3.05) is 46.4 Å². The summed E-state index contributed by atoms with van der Waals surface area (Å²) in [5.74, 6) is -1.00. The number of halogens is 3. The van der Waals surface area contributed by atoms with Crippen molar-refractivity contribution in [3.8, 4) is 10.8 Å². The van der Waals surface area contributed by atoms with Crippen molar-refractivity contribution in [2.45, 2.75) is 12.8 Å². The number of fused-ring (bicyclic) bond motifs is 1. The molecule has 1 aliphatic rings. The minimum Gasteiger partial charge on any atom is -0.487 e. The van der Waals surface area contributed by atoms with Gasteiger partial charge in [0.15, 0.2) is 0 Å². The number of thiophene rings is 1. The standard InChI is InChI=1S/C27H27F3N6O4S/c1-34(6-7-35-8-10-39-11-9-35)26(38)19-12-21-20(14-32-19)33-16-36(21)23-13-22(24(41-23)25(31)37)40-15-17-4-2-3-5-18(17)27(28,29)30/h2-5,12-14,16H,6-11,15H2,1H3,(H2,31,37). The lowest BCUT2D eigenvalue weighted by Crippen LogP contribution is -2.42. The van der Waals surface area contributed by atoms with Gasteiger partial charge in [-0.1, -0.05) is 18.2 Å². The van der Waals surface area contributed by atoms with E-state index in [4.69, 9.17) is 15.2 Å². The quantitative estimate of drug-likeness (QED) is 0.318. The van der Waals surface area contributed by atoms with E-state index in [-0.39, 0.29) is 27.8 Å². The Morgan fingerprint density at radius 2 is 1.93 bits per heavy atom. The van der Waals surface area contributed by atoms with Gasteiger partial charge in [0.25, 0.3) is 11.8 Å². The Morgan fingerprint density at radius 3 is 2.66 bits per heavy atom. The minimum atomic E-state index is -4.55. The number of primary amides is 1. The van der Waals surface area contributed by atoms with Gasteiger partial charge in [-0.25, -0.2) is 9.97 Å². The second-order valence-corrected chi connectivity index (χ2v) is 10.5. The molecule has 4 aromatic rings. The SMILES string of the molecule is CN(CCN1CCOCC1)C(=O)c1cc2c(cn1)ncn2-c1cc(OCc2ccccc2C(F)(F)F)c(C(N)=O)s1. The fourth-order valence-corrected chi connectivity index (χ4v) is 5.39. The number of nitrogens with two attached hydrogens (primary N) is 1. The maximum absolute atomic E-state index is 13.4. The van der Waals surface area contributed by atoms with Gasteiger partial charge >= 0.3 is 6.18 Å². The van der Waals surface area contributed by atoms with Gasteiger partial charge in [-0.15, -0.1) is 11.3 Å². The molecule has 4 heterocycles. The number of benzene rings is 1. The van der Waals surface area contributed by atoms with E-state index in [9.17, 15) is 22.8 Å². The number of carbonyl (C=O) groups is 2. The number of alkyl halides is 3. The molecule has 0 aliphatic carbocycles. The Morgan fingerprint density at radius 1 is 1.17 bits per heavy atom. The molecule has 5 rings (SSSR count). The van der Waals surface area contributed by atoms with E-state index in [0.29, 0.717) is 42.3 Å². The van der Waals surface area contributed by atoms with E-state index < -0.39 is 24.3 Å². The number of morpholine rings is 1. The van der Waals surface area contributed by atoms with Crippen LogP contribution in [0, 0.1) is 0 Å². The summed E-state index contributed by atoms with van der Waals surface area (Å²) in [6, 6.07) is 8.18. The Labute approximate surface area is 237 Å². The number of pyridine rings is 1. The fraction of sp³-hybridized carbons (Fsp3) is 0.333. The molecule has 0 spiro atoms. The molecule has 0 radical (unpaired) electrons. The number of aromatic nitrogens is 3. The second kappa shape index (κ2) is 11.8. The predicted octanol–water partition coefficient (Wildman–Crippen LogP) is 3.58. The molecule has 1 saturated heterocycles. The highest BCUT2D eigenvalue weighted by atomic mass is 32.1. The van der Waals surface area contributed by atoms with Crippen LogP contribution in [0.2, 0.25) is 0 Å². The van der Waals surface area contributed by atoms with Crippen molar-refractivity contribution in [1.29, 1.82) is 0 Å². The molecule has 1 aromatic carbocycles. The number of nitrogens with zero attached hydrogens (tertiary/aromatic N) is 5. The molecular weight excluding hydrogens is 561 g/mol. The third-order valence-electron chi connectivity index (χ3n) is 6.71. The monoisotopic (exact) mass is 588 g/mol. The van der Waals surface area contributed by atoms with Gasteiger partial charge in [0.1, 0.15) is 39.8 Å². The van der Waals surface area contributed by atoms with Gasteiger partial charge in [0, 0.05) is 44.9 Å². The van der Waals surface area contributed by atoms with Crippen molar-refractivity contribution in [1.82, 2.24) is 24.3 Å². The van der Waals surface area contributed by atoms with Crippen molar-refractivity contribution in [3.63, 3.8) is 0 Å². The Balaban J connectivity index is 1.37. The van der Waals surface area contributed by atoms with Gasteiger partial charge < -0.3 is 20.1 Å². The van der Waals surface area contributed by atoms with Gasteiger partial charge in [-0.2, -0.15) is 13.2 Å². The molecule has 0 unspecified atom stereocenters. The van der Waals surface area contributed by atoms with Crippen LogP contribution in [0.5, 0.6) is 5.75 Å². The average Bonchev–Trinajstić information content (AvgIpc) is 3.58. The zero-order valence-corrected chi connectivity index (χ0v) is 22.9. The van der Waals surface area contributed by atoms with Gasteiger partial charge in [0.2, 0.25) is 0 Å². The predicted molar refractivity (Wildman–Crippen MR) is 145 cm³/mol. The molecule has 0 bridgehead atoms. The van der Waals surface area contributed by atoms with Crippen LogP contribution in [0.1, 0.15) is 31.3 Å². The summed E-state index contributed by atoms with van der Waals surface area (Å²) in [6.07, 6.45) is -1.56. The topological polar surface area (TPSA) is 116 Å². The minimum absolute atomic E-state index is 0.0412. The van der Waals surface area contributed by atoms with Crippen molar-refractivity contribution in [2.24, 2.45) is 5.73 Å². The fourth-order valence-electron chi connectivity index (χ4n) is 4.46. The molecule has 1 fully saturated rings. The molecular formula is C27H27F3N6O4S. The Hall–Kier alpha value is -4.01. The normalized spacial score (nSPS) is 14.3. The molecule has 10 nitrogen and oxygen atoms in total. The first-order valence-corrected chi connectivity index (χ1v) is 13.5. The number of hydrogen-bond acceptors (Lipinski definition) is 8. The summed E-state index contributed by atoms with van der Waals surface area (Å²) in [5, 5.41) is 0.477. The molecule has 41 heavy (non-hydrogen) atoms. The molecule has 3 aromatic heterocycles. The summed E-state index contributed by atoms with van der Waals surface area (Å²) < 4.78 is 52.9. The third-order valence-corrected chi connectivity index (χ3v) is 7.84. The average molecular weight is 589 g/mol. The van der Waals surface area contributed by atoms with Crippen LogP contribution in [0.3, 0.4) is 0 Å². The van der Waals surface area contributed by atoms with Crippen LogP contribution in [0.25, 0.3) is 16.0 Å². The third kappa shape index (κ3) is 6.34. The molecule has 216 valence electrons. The lowest BCUT2D eigenvalue weighted by Gasteiger charge is -2.28. The molecule has 2 amide bonds. The van der Waals surface area contributed by atoms with Crippen LogP contribution in [-0.2, 0) is 17.5 Å². The van der Waals surface area contributed by atoms with Crippen LogP contribution < -0.4 is 10.5 Å². The van der Waals surface area contributed by atoms with Crippen LogP contribution in [-0.4, -0.2) is 82.6 Å². The van der Waals surface area contributed by atoms with Gasteiger partial charge in [-0.3, -0.25) is 19.1 Å². The van der Waals surface area contributed by atoms with E-state index >= 15 is 0 Å². The van der Waals surface area contributed by atoms with E-state index in [2.05, 4.69) is 14.9 Å². The molecule has 14 heteroatoms. The molecule has 0 atom stereocenters. The number of likely N-dealkylation sites (N-methyl/N-ethyl adjacent to an activating group) is 1. The number of hydrogen-bond donors (Lipinski definition) is 1. The Kier molecular flexibility index (Phi) is 8.24. The van der Waals surface area contributed by atoms with Crippen LogP contribution in [0.4, 0.5) is 13.2 Å². The highest BCUT2D eigenvalue weighted by Crippen LogP contribution is 2.36. The number of carbonyl (C=O) groups excluding carboxylic acids is 2. The van der Waals surface area contributed by atoms with Crippen molar-refractivity contribution < 1.29 is 32.2 Å². The smallest absolute Gasteiger partial charge is 0.416 e. The highest BCUT2D eigenvalue weighted by Gasteiger charge is 2.33. The summed E-state index contributed by atoms with van der Waals surface area (Å²) in [5.41, 5.74) is 5.93. The summed E-state index contributed by atoms with van der Waals surface area (Å²) in [4.78, 5) is 37.8. The van der Waals surface area contributed by atoms with Crippen LogP contribution in [0.15, 0.2) is 48.9 Å². The maximum atomic E-state index is 13.4. The van der Waals surface area contributed by atoms with E-state index in [1.165, 1.54) is 36.8 Å². The number of ether oxygens (including phenoxy) is 2. The lowest BCUT2D eigenvalue weighted by molar-refractivity contribution is -0.138. The van der Waals surface area contributed by atoms with Gasteiger partial charge in [-0.05, 0) is 12.1 Å². The first kappa shape index (κ1) is 28.5. The molecule has 1 aliphatic heterocycles. The van der Waals surface area contributed by atoms with Gasteiger partial charge in [0.05, 0.1) is 30.5 Å². The zero-order chi connectivity index (χ0) is 29.1. The summed E-state index contributed by atoms with van der Waals surface area (Å²) >= 11 is 0.999. The van der Waals surface area contributed by atoms with E-state index in [1.54, 1.807) is 22.6 Å². The molecule has 0 saturated carbocycles. The first-order chi connectivity index (χ1) is 19.6. The lowest BCUT2D eigenvalue weighted by atomic mass is 10.1. The highest BCUT2D eigenvalue weighted by molar-refractivity contribution is 7.16. The maximum Gasteiger partial charge on any atom is 0.416 e. The number of imidazole rings is 1. The van der Waals surface area contributed by atoms with Crippen molar-refractivity contribution in [3.05, 3.63) is 70.6 Å². The summed E-state index contributed by atoms with van der Waals surface area (Å²) in [6.45, 7) is 3.80. The second-order valence-electron chi connectivity index (χ2n) is 9.44. The number of amides is 2. The van der Waals surface area contributed by atoms with Crippen LogP contribution >= 0.6 is 11.3 Å². The summed E-state index contributed by atoms with van der Waals surface area (Å²) in [7, 11) is 1.71. The number of rotatable bonds is 9.